The lowest BCUT2D eigenvalue weighted by atomic mass is 10.1. The van der Waals surface area contributed by atoms with Gasteiger partial charge in [-0.15, -0.1) is 13.2 Å². The SMILES string of the molecule is O=c1[nH]c(NCc2ccccc2)c(-c2ccccc2)n1-c1ccc(OC(F)(F)F)cc1. The molecule has 0 amide bonds. The van der Waals surface area contributed by atoms with E-state index in [1.807, 2.05) is 60.7 Å². The Morgan fingerprint density at radius 3 is 2.10 bits per heavy atom. The lowest BCUT2D eigenvalue weighted by molar-refractivity contribution is -0.274. The van der Waals surface area contributed by atoms with Crippen molar-refractivity contribution in [3.63, 3.8) is 0 Å². The second-order valence-corrected chi connectivity index (χ2v) is 6.74. The van der Waals surface area contributed by atoms with E-state index >= 15 is 0 Å². The first-order valence-electron chi connectivity index (χ1n) is 9.45. The molecule has 0 saturated heterocycles. The molecule has 5 nitrogen and oxygen atoms in total. The Labute approximate surface area is 175 Å². The van der Waals surface area contributed by atoms with Gasteiger partial charge in [0.05, 0.1) is 11.4 Å². The van der Waals surface area contributed by atoms with E-state index in [9.17, 15) is 18.0 Å². The molecule has 0 aliphatic carbocycles. The molecule has 0 saturated carbocycles. The third-order valence-corrected chi connectivity index (χ3v) is 4.58. The molecule has 0 aliphatic heterocycles. The average Bonchev–Trinajstić information content (AvgIpc) is 3.09. The van der Waals surface area contributed by atoms with Crippen molar-refractivity contribution in [2.45, 2.75) is 12.9 Å². The monoisotopic (exact) mass is 425 g/mol. The van der Waals surface area contributed by atoms with Gasteiger partial charge in [0.15, 0.2) is 0 Å². The summed E-state index contributed by atoms with van der Waals surface area (Å²) in [5.74, 6) is 0.152. The van der Waals surface area contributed by atoms with Crippen LogP contribution in [0.1, 0.15) is 5.56 Å². The molecule has 0 fully saturated rings. The molecular formula is C23H18F3N3O2. The zero-order valence-electron chi connectivity index (χ0n) is 16.2. The molecule has 4 rings (SSSR count). The van der Waals surface area contributed by atoms with Crippen LogP contribution in [0.5, 0.6) is 5.75 Å². The van der Waals surface area contributed by atoms with E-state index in [1.54, 1.807) is 0 Å². The van der Waals surface area contributed by atoms with Crippen LogP contribution >= 0.6 is 0 Å². The molecule has 8 heteroatoms. The fraction of sp³-hybridized carbons (Fsp3) is 0.0870. The van der Waals surface area contributed by atoms with Crippen LogP contribution in [0.4, 0.5) is 19.0 Å². The summed E-state index contributed by atoms with van der Waals surface area (Å²) in [6, 6.07) is 24.1. The second-order valence-electron chi connectivity index (χ2n) is 6.74. The maximum atomic E-state index is 12.8. The number of alkyl halides is 3. The van der Waals surface area contributed by atoms with E-state index in [-0.39, 0.29) is 5.75 Å². The predicted molar refractivity (Wildman–Crippen MR) is 112 cm³/mol. The highest BCUT2D eigenvalue weighted by molar-refractivity contribution is 5.74. The highest BCUT2D eigenvalue weighted by Crippen LogP contribution is 2.30. The molecule has 4 aromatic rings. The summed E-state index contributed by atoms with van der Waals surface area (Å²) >= 11 is 0. The maximum absolute atomic E-state index is 12.8. The van der Waals surface area contributed by atoms with E-state index in [0.717, 1.165) is 11.1 Å². The van der Waals surface area contributed by atoms with Crippen molar-refractivity contribution in [2.75, 3.05) is 5.32 Å². The van der Waals surface area contributed by atoms with Crippen LogP contribution in [0, 0.1) is 0 Å². The number of aromatic amines is 1. The average molecular weight is 425 g/mol. The minimum absolute atomic E-state index is 0.358. The lowest BCUT2D eigenvalue weighted by Gasteiger charge is -2.13. The second kappa shape index (κ2) is 8.43. The summed E-state index contributed by atoms with van der Waals surface area (Å²) in [6.45, 7) is 0.485. The van der Waals surface area contributed by atoms with Gasteiger partial charge < -0.3 is 10.1 Å². The zero-order chi connectivity index (χ0) is 21.8. The summed E-state index contributed by atoms with van der Waals surface area (Å²) in [5, 5.41) is 3.25. The number of hydrogen-bond acceptors (Lipinski definition) is 3. The Morgan fingerprint density at radius 1 is 0.871 bits per heavy atom. The van der Waals surface area contributed by atoms with Crippen molar-refractivity contribution in [3.05, 3.63) is 101 Å². The van der Waals surface area contributed by atoms with Crippen molar-refractivity contribution in [2.24, 2.45) is 0 Å². The molecule has 158 valence electrons. The molecule has 0 atom stereocenters. The smallest absolute Gasteiger partial charge is 0.406 e. The van der Waals surface area contributed by atoms with Crippen molar-refractivity contribution < 1.29 is 17.9 Å². The normalized spacial score (nSPS) is 11.3. The number of hydrogen-bond donors (Lipinski definition) is 2. The van der Waals surface area contributed by atoms with Crippen molar-refractivity contribution in [1.29, 1.82) is 0 Å². The number of H-pyrrole nitrogens is 1. The fourth-order valence-corrected chi connectivity index (χ4v) is 3.26. The zero-order valence-corrected chi connectivity index (χ0v) is 16.2. The van der Waals surface area contributed by atoms with Crippen LogP contribution in [-0.4, -0.2) is 15.9 Å². The van der Waals surface area contributed by atoms with Crippen LogP contribution in [0.25, 0.3) is 16.9 Å². The van der Waals surface area contributed by atoms with Gasteiger partial charge in [-0.05, 0) is 29.8 Å². The fourth-order valence-electron chi connectivity index (χ4n) is 3.26. The Bertz CT molecular complexity index is 1200. The van der Waals surface area contributed by atoms with Gasteiger partial charge in [-0.1, -0.05) is 60.7 Å². The first-order chi connectivity index (χ1) is 14.9. The van der Waals surface area contributed by atoms with Gasteiger partial charge in [0.1, 0.15) is 11.6 Å². The maximum Gasteiger partial charge on any atom is 0.573 e. The molecular weight excluding hydrogens is 407 g/mol. The van der Waals surface area contributed by atoms with E-state index in [4.69, 9.17) is 0 Å². The molecule has 0 aliphatic rings. The van der Waals surface area contributed by atoms with Crippen LogP contribution in [-0.2, 0) is 6.54 Å². The molecule has 0 bridgehead atoms. The number of imidazole rings is 1. The van der Waals surface area contributed by atoms with Gasteiger partial charge >= 0.3 is 12.1 Å². The Kier molecular flexibility index (Phi) is 5.53. The summed E-state index contributed by atoms with van der Waals surface area (Å²) in [4.78, 5) is 15.6. The highest BCUT2D eigenvalue weighted by atomic mass is 19.4. The molecule has 0 spiro atoms. The van der Waals surface area contributed by atoms with Crippen molar-refractivity contribution in [3.8, 4) is 22.7 Å². The van der Waals surface area contributed by atoms with E-state index < -0.39 is 12.1 Å². The third kappa shape index (κ3) is 4.80. The van der Waals surface area contributed by atoms with Gasteiger partial charge in [-0.2, -0.15) is 0 Å². The van der Waals surface area contributed by atoms with Crippen LogP contribution in [0.15, 0.2) is 89.7 Å². The summed E-state index contributed by atoms with van der Waals surface area (Å²) < 4.78 is 42.7. The number of benzene rings is 3. The lowest BCUT2D eigenvalue weighted by Crippen LogP contribution is -2.18. The molecule has 0 unspecified atom stereocenters. The molecule has 1 aromatic heterocycles. The van der Waals surface area contributed by atoms with Crippen molar-refractivity contribution >= 4 is 5.82 Å². The summed E-state index contributed by atoms with van der Waals surface area (Å²) in [7, 11) is 0. The van der Waals surface area contributed by atoms with Gasteiger partial charge in [0.25, 0.3) is 0 Å². The number of anilines is 1. The van der Waals surface area contributed by atoms with Gasteiger partial charge in [-0.25, -0.2) is 4.79 Å². The van der Waals surface area contributed by atoms with Crippen LogP contribution < -0.4 is 15.7 Å². The largest absolute Gasteiger partial charge is 0.573 e. The Balaban J connectivity index is 1.73. The third-order valence-electron chi connectivity index (χ3n) is 4.58. The molecule has 31 heavy (non-hydrogen) atoms. The van der Waals surface area contributed by atoms with E-state index in [2.05, 4.69) is 15.0 Å². The summed E-state index contributed by atoms with van der Waals surface area (Å²) in [5.41, 5.74) is 2.36. The van der Waals surface area contributed by atoms with E-state index in [0.29, 0.717) is 23.7 Å². The van der Waals surface area contributed by atoms with Gasteiger partial charge in [0.2, 0.25) is 0 Å². The van der Waals surface area contributed by atoms with Crippen LogP contribution in [0.2, 0.25) is 0 Å². The molecule has 0 radical (unpaired) electrons. The minimum Gasteiger partial charge on any atom is -0.406 e. The number of nitrogens with one attached hydrogen (secondary N) is 2. The number of nitrogens with zero attached hydrogens (tertiary/aromatic N) is 1. The minimum atomic E-state index is -4.78. The topological polar surface area (TPSA) is 59.0 Å². The Morgan fingerprint density at radius 2 is 1.48 bits per heavy atom. The number of aromatic nitrogens is 2. The summed E-state index contributed by atoms with van der Waals surface area (Å²) in [6.07, 6.45) is -4.78. The number of halogens is 3. The first-order valence-corrected chi connectivity index (χ1v) is 9.45. The molecule has 2 N–H and O–H groups in total. The predicted octanol–water partition coefficient (Wildman–Crippen LogP) is 5.34. The Hall–Kier alpha value is -3.94. The van der Waals surface area contributed by atoms with Crippen LogP contribution in [0.3, 0.4) is 0 Å². The highest BCUT2D eigenvalue weighted by Gasteiger charge is 2.31. The quantitative estimate of drug-likeness (QED) is 0.438. The van der Waals surface area contributed by atoms with Gasteiger partial charge in [0, 0.05) is 12.1 Å². The molecule has 1 heterocycles. The number of ether oxygens (including phenoxy) is 1. The van der Waals surface area contributed by atoms with E-state index in [1.165, 1.54) is 28.8 Å². The first kappa shape index (κ1) is 20.3. The molecule has 3 aromatic carbocycles. The van der Waals surface area contributed by atoms with Crippen molar-refractivity contribution in [1.82, 2.24) is 9.55 Å². The number of rotatable bonds is 6. The van der Waals surface area contributed by atoms with Gasteiger partial charge in [-0.3, -0.25) is 9.55 Å². The standard InChI is InChI=1S/C23H18F3N3O2/c24-23(25,26)31-19-13-11-18(12-14-19)29-20(17-9-5-2-6-10-17)21(28-22(29)30)27-15-16-7-3-1-4-8-16/h1-14,27H,15H2,(H,28,30).